The number of carbonyl (C=O) groups is 1. The second kappa shape index (κ2) is 9.66. The number of para-hydroxylation sites is 1. The second-order valence-electron chi connectivity index (χ2n) is 9.17. The maximum Gasteiger partial charge on any atom is 0.293 e. The van der Waals surface area contributed by atoms with Gasteiger partial charge in [-0.1, -0.05) is 73.8 Å². The van der Waals surface area contributed by atoms with Crippen LogP contribution >= 0.6 is 11.6 Å². The van der Waals surface area contributed by atoms with E-state index in [4.69, 9.17) is 16.3 Å². The van der Waals surface area contributed by atoms with Crippen molar-refractivity contribution >= 4 is 23.2 Å². The summed E-state index contributed by atoms with van der Waals surface area (Å²) in [6, 6.07) is 16.6. The Bertz CT molecular complexity index is 1420. The lowest BCUT2D eigenvalue weighted by molar-refractivity contribution is 0.0843. The molecule has 0 radical (unpaired) electrons. The van der Waals surface area contributed by atoms with Crippen LogP contribution in [0.15, 0.2) is 59.4 Å². The third-order valence-corrected chi connectivity index (χ3v) is 7.53. The quantitative estimate of drug-likeness (QED) is 0.297. The third kappa shape index (κ3) is 4.60. The molecule has 1 N–H and O–H groups in total. The van der Waals surface area contributed by atoms with Crippen LogP contribution in [0.3, 0.4) is 0 Å². The molecule has 8 heteroatoms. The van der Waals surface area contributed by atoms with E-state index in [0.717, 1.165) is 18.4 Å². The van der Waals surface area contributed by atoms with E-state index in [1.807, 2.05) is 42.5 Å². The topological polar surface area (TPSA) is 89.3 Å². The fraction of sp³-hybridized carbons (Fsp3) is 0.333. The molecule has 0 bridgehead atoms. The monoisotopic (exact) mass is 490 g/mol. The lowest BCUT2D eigenvalue weighted by Gasteiger charge is -2.41. The summed E-state index contributed by atoms with van der Waals surface area (Å²) >= 11 is 6.34. The molecule has 5 rings (SSSR count). The molecule has 1 saturated carbocycles. The Morgan fingerprint density at radius 2 is 1.86 bits per heavy atom. The standard InChI is InChI=1S/C27H27ClN4O3/c1-2-27(14-8-15-27)16-13-21(33)19-11-6-7-12-22(19)35-17-20-23(28)25(34)32-26(29-20)30-24(31-32)18-9-4-3-5-10-18/h3-7,9-12H,2,8,13-17H2,1H3,(H,29,30,31). The molecule has 0 unspecified atom stereocenters. The molecule has 0 amide bonds. The van der Waals surface area contributed by atoms with E-state index in [-0.39, 0.29) is 28.9 Å². The average Bonchev–Trinajstić information content (AvgIpc) is 3.30. The van der Waals surface area contributed by atoms with E-state index in [9.17, 15) is 9.59 Å². The van der Waals surface area contributed by atoms with Crippen LogP contribution in [0.25, 0.3) is 17.2 Å². The van der Waals surface area contributed by atoms with Gasteiger partial charge in [0.1, 0.15) is 23.1 Å². The molecule has 180 valence electrons. The highest BCUT2D eigenvalue weighted by Gasteiger charge is 2.35. The van der Waals surface area contributed by atoms with Gasteiger partial charge in [-0.05, 0) is 36.8 Å². The fourth-order valence-corrected chi connectivity index (χ4v) is 4.88. The number of rotatable bonds is 9. The van der Waals surface area contributed by atoms with E-state index in [0.29, 0.717) is 29.0 Å². The van der Waals surface area contributed by atoms with Crippen LogP contribution in [0, 0.1) is 5.41 Å². The van der Waals surface area contributed by atoms with Gasteiger partial charge in [0.2, 0.25) is 0 Å². The van der Waals surface area contributed by atoms with Crippen LogP contribution in [0.2, 0.25) is 5.02 Å². The SMILES string of the molecule is CCC1(CCC(=O)c2ccccc2OCc2nc3nc(-c4ccccc4)[nH]n3c(=O)c2Cl)CCC1. The number of halogens is 1. The largest absolute Gasteiger partial charge is 0.486 e. The van der Waals surface area contributed by atoms with Crippen molar-refractivity contribution in [1.29, 1.82) is 0 Å². The van der Waals surface area contributed by atoms with Crippen LogP contribution in [0.4, 0.5) is 0 Å². The van der Waals surface area contributed by atoms with Crippen LogP contribution in [0.1, 0.15) is 61.5 Å². The Morgan fingerprint density at radius 1 is 1.11 bits per heavy atom. The number of aromatic nitrogens is 4. The zero-order valence-electron chi connectivity index (χ0n) is 19.6. The molecule has 0 spiro atoms. The van der Waals surface area contributed by atoms with Gasteiger partial charge in [-0.2, -0.15) is 9.50 Å². The lowest BCUT2D eigenvalue weighted by Crippen LogP contribution is -2.29. The lowest BCUT2D eigenvalue weighted by atomic mass is 9.64. The molecular weight excluding hydrogens is 464 g/mol. The predicted molar refractivity (Wildman–Crippen MR) is 135 cm³/mol. The molecule has 1 fully saturated rings. The summed E-state index contributed by atoms with van der Waals surface area (Å²) in [4.78, 5) is 34.7. The summed E-state index contributed by atoms with van der Waals surface area (Å²) in [5, 5.41) is 2.90. The van der Waals surface area contributed by atoms with E-state index in [1.54, 1.807) is 12.1 Å². The van der Waals surface area contributed by atoms with Crippen LogP contribution < -0.4 is 10.3 Å². The van der Waals surface area contributed by atoms with Crippen LogP contribution in [0.5, 0.6) is 5.75 Å². The number of hydrogen-bond donors (Lipinski definition) is 1. The van der Waals surface area contributed by atoms with Gasteiger partial charge in [0.05, 0.1) is 5.56 Å². The summed E-state index contributed by atoms with van der Waals surface area (Å²) in [6.45, 7) is 2.15. The average molecular weight is 491 g/mol. The molecule has 2 aromatic heterocycles. The van der Waals surface area contributed by atoms with E-state index in [2.05, 4.69) is 22.0 Å². The number of H-pyrrole nitrogens is 1. The molecule has 4 aromatic rings. The highest BCUT2D eigenvalue weighted by atomic mass is 35.5. The number of benzene rings is 2. The Balaban J connectivity index is 1.35. The molecule has 1 aliphatic carbocycles. The number of nitrogens with one attached hydrogen (secondary N) is 1. The van der Waals surface area contributed by atoms with Crippen molar-refractivity contribution in [1.82, 2.24) is 19.6 Å². The van der Waals surface area contributed by atoms with Gasteiger partial charge in [0.15, 0.2) is 11.6 Å². The number of Topliss-reactive ketones (excluding diaryl/α,β-unsaturated/α-hetero) is 1. The fourth-order valence-electron chi connectivity index (χ4n) is 4.70. The molecule has 35 heavy (non-hydrogen) atoms. The maximum absolute atomic E-state index is 13.0. The first-order chi connectivity index (χ1) is 17.0. The van der Waals surface area contributed by atoms with Gasteiger partial charge in [-0.15, -0.1) is 0 Å². The van der Waals surface area contributed by atoms with Gasteiger partial charge in [-0.25, -0.2) is 4.98 Å². The second-order valence-corrected chi connectivity index (χ2v) is 9.54. The Morgan fingerprint density at radius 3 is 2.57 bits per heavy atom. The summed E-state index contributed by atoms with van der Waals surface area (Å²) in [5.41, 5.74) is 1.50. The molecule has 0 aliphatic heterocycles. The Kier molecular flexibility index (Phi) is 6.43. The molecule has 2 heterocycles. The first-order valence-corrected chi connectivity index (χ1v) is 12.3. The minimum Gasteiger partial charge on any atom is -0.486 e. The summed E-state index contributed by atoms with van der Waals surface area (Å²) in [5.74, 6) is 1.24. The summed E-state index contributed by atoms with van der Waals surface area (Å²) < 4.78 is 7.18. The third-order valence-electron chi connectivity index (χ3n) is 7.15. The van der Waals surface area contributed by atoms with Crippen molar-refractivity contribution in [2.45, 2.75) is 52.1 Å². The summed E-state index contributed by atoms with van der Waals surface area (Å²) in [6.07, 6.45) is 6.17. The molecule has 0 saturated heterocycles. The molecule has 7 nitrogen and oxygen atoms in total. The zero-order chi connectivity index (χ0) is 24.4. The van der Waals surface area contributed by atoms with Crippen molar-refractivity contribution in [3.63, 3.8) is 0 Å². The molecular formula is C27H27ClN4O3. The van der Waals surface area contributed by atoms with Crippen LogP contribution in [-0.2, 0) is 6.61 Å². The molecule has 0 atom stereocenters. The number of fused-ring (bicyclic) bond motifs is 1. The van der Waals surface area contributed by atoms with Gasteiger partial charge >= 0.3 is 0 Å². The number of aromatic amines is 1. The van der Waals surface area contributed by atoms with Gasteiger partial charge in [0, 0.05) is 12.0 Å². The number of ether oxygens (including phenoxy) is 1. The number of carbonyl (C=O) groups excluding carboxylic acids is 1. The van der Waals surface area contributed by atoms with Crippen molar-refractivity contribution in [2.24, 2.45) is 5.41 Å². The van der Waals surface area contributed by atoms with E-state index >= 15 is 0 Å². The Labute approximate surface area is 208 Å². The Hall–Kier alpha value is -3.45. The van der Waals surface area contributed by atoms with Gasteiger partial charge < -0.3 is 4.74 Å². The summed E-state index contributed by atoms with van der Waals surface area (Å²) in [7, 11) is 0. The van der Waals surface area contributed by atoms with Crippen molar-refractivity contribution in [3.8, 4) is 17.1 Å². The van der Waals surface area contributed by atoms with Crippen molar-refractivity contribution in [3.05, 3.63) is 81.2 Å². The van der Waals surface area contributed by atoms with Gasteiger partial charge in [-0.3, -0.25) is 14.7 Å². The number of hydrogen-bond acceptors (Lipinski definition) is 5. The molecule has 2 aromatic carbocycles. The van der Waals surface area contributed by atoms with E-state index in [1.165, 1.54) is 23.8 Å². The van der Waals surface area contributed by atoms with Crippen LogP contribution in [-0.4, -0.2) is 25.4 Å². The van der Waals surface area contributed by atoms with Gasteiger partial charge in [0.25, 0.3) is 11.3 Å². The number of ketones is 1. The molecule has 1 aliphatic rings. The van der Waals surface area contributed by atoms with E-state index < -0.39 is 5.56 Å². The predicted octanol–water partition coefficient (Wildman–Crippen LogP) is 5.86. The normalized spacial score (nSPS) is 14.6. The first-order valence-electron chi connectivity index (χ1n) is 12.0. The highest BCUT2D eigenvalue weighted by Crippen LogP contribution is 2.47. The minimum absolute atomic E-state index is 0.0514. The van der Waals surface area contributed by atoms with Crippen molar-refractivity contribution < 1.29 is 9.53 Å². The highest BCUT2D eigenvalue weighted by molar-refractivity contribution is 6.31. The smallest absolute Gasteiger partial charge is 0.293 e. The maximum atomic E-state index is 13.0. The van der Waals surface area contributed by atoms with Crippen molar-refractivity contribution in [2.75, 3.05) is 0 Å². The minimum atomic E-state index is -0.459. The zero-order valence-corrected chi connectivity index (χ0v) is 20.3. The number of nitrogens with zero attached hydrogens (tertiary/aromatic N) is 3. The first kappa shape index (κ1) is 23.3.